The number of piperazine rings is 1. The lowest BCUT2D eigenvalue weighted by Gasteiger charge is -2.39. The highest BCUT2D eigenvalue weighted by Gasteiger charge is 2.30. The molecule has 138 valence electrons. The van der Waals surface area contributed by atoms with Crippen LogP contribution in [0.1, 0.15) is 18.1 Å². The zero-order chi connectivity index (χ0) is 18.5. The maximum atomic E-state index is 12.7. The van der Waals surface area contributed by atoms with Crippen LogP contribution in [-0.4, -0.2) is 48.3 Å². The van der Waals surface area contributed by atoms with E-state index in [-0.39, 0.29) is 25.2 Å². The summed E-state index contributed by atoms with van der Waals surface area (Å²) in [5.41, 5.74) is 3.26. The van der Waals surface area contributed by atoms with Crippen LogP contribution in [0, 0.1) is 6.92 Å². The normalized spacial score (nSPS) is 18.2. The van der Waals surface area contributed by atoms with Crippen LogP contribution >= 0.6 is 0 Å². The summed E-state index contributed by atoms with van der Waals surface area (Å²) < 4.78 is 5.47. The van der Waals surface area contributed by atoms with Crippen LogP contribution in [0.15, 0.2) is 48.5 Å². The third kappa shape index (κ3) is 4.42. The second-order valence-electron chi connectivity index (χ2n) is 6.81. The van der Waals surface area contributed by atoms with Crippen molar-refractivity contribution in [3.8, 4) is 5.75 Å². The van der Waals surface area contributed by atoms with E-state index < -0.39 is 0 Å². The molecule has 26 heavy (non-hydrogen) atoms. The number of amides is 1. The van der Waals surface area contributed by atoms with Crippen molar-refractivity contribution < 1.29 is 14.6 Å². The molecule has 2 aromatic rings. The fourth-order valence-corrected chi connectivity index (χ4v) is 3.21. The van der Waals surface area contributed by atoms with Crippen molar-refractivity contribution in [1.82, 2.24) is 4.90 Å². The lowest BCUT2D eigenvalue weighted by Crippen LogP contribution is -2.54. The molecule has 0 bridgehead atoms. The third-order valence-electron chi connectivity index (χ3n) is 4.70. The highest BCUT2D eigenvalue weighted by molar-refractivity contribution is 5.95. The molecule has 0 spiro atoms. The molecule has 1 saturated heterocycles. The van der Waals surface area contributed by atoms with Crippen LogP contribution in [0.25, 0.3) is 0 Å². The largest absolute Gasteiger partial charge is 0.491 e. The molecule has 0 aromatic heterocycles. The number of aliphatic hydroxyl groups excluding tert-OH is 1. The molecule has 3 rings (SSSR count). The van der Waals surface area contributed by atoms with E-state index in [0.29, 0.717) is 19.6 Å². The Morgan fingerprint density at radius 1 is 1.19 bits per heavy atom. The Labute approximate surface area is 154 Å². The van der Waals surface area contributed by atoms with Gasteiger partial charge >= 0.3 is 0 Å². The fourth-order valence-electron chi connectivity index (χ4n) is 3.21. The lowest BCUT2D eigenvalue weighted by molar-refractivity contribution is -0.122. The van der Waals surface area contributed by atoms with E-state index in [1.165, 1.54) is 5.56 Å². The van der Waals surface area contributed by atoms with Gasteiger partial charge in [-0.3, -0.25) is 9.69 Å². The number of aliphatic hydroxyl groups is 1. The van der Waals surface area contributed by atoms with Crippen molar-refractivity contribution in [3.63, 3.8) is 0 Å². The second kappa shape index (κ2) is 8.34. The Kier molecular flexibility index (Phi) is 5.91. The van der Waals surface area contributed by atoms with Crippen LogP contribution in [0.5, 0.6) is 5.75 Å². The molecule has 1 amide bonds. The zero-order valence-electron chi connectivity index (χ0n) is 15.4. The number of aryl methyl sites for hydroxylation is 1. The Bertz CT molecular complexity index is 745. The van der Waals surface area contributed by atoms with Crippen LogP contribution in [0.2, 0.25) is 0 Å². The second-order valence-corrected chi connectivity index (χ2v) is 6.81. The smallest absolute Gasteiger partial charge is 0.241 e. The summed E-state index contributed by atoms with van der Waals surface area (Å²) in [4.78, 5) is 16.7. The van der Waals surface area contributed by atoms with E-state index in [2.05, 4.69) is 11.8 Å². The highest BCUT2D eigenvalue weighted by Crippen LogP contribution is 2.23. The summed E-state index contributed by atoms with van der Waals surface area (Å²) in [7, 11) is 0. The zero-order valence-corrected chi connectivity index (χ0v) is 15.4. The molecule has 1 aliphatic heterocycles. The lowest BCUT2D eigenvalue weighted by atomic mass is 10.1. The topological polar surface area (TPSA) is 53.0 Å². The molecule has 1 fully saturated rings. The van der Waals surface area contributed by atoms with Crippen molar-refractivity contribution in [2.24, 2.45) is 0 Å². The maximum absolute atomic E-state index is 12.7. The van der Waals surface area contributed by atoms with Crippen molar-refractivity contribution >= 4 is 11.6 Å². The van der Waals surface area contributed by atoms with Crippen LogP contribution in [0.4, 0.5) is 5.69 Å². The van der Waals surface area contributed by atoms with Gasteiger partial charge in [0, 0.05) is 24.8 Å². The summed E-state index contributed by atoms with van der Waals surface area (Å²) in [5.74, 6) is 0.869. The molecule has 2 aromatic carbocycles. The molecule has 1 unspecified atom stereocenters. The van der Waals surface area contributed by atoms with Gasteiger partial charge in [0.1, 0.15) is 12.4 Å². The van der Waals surface area contributed by atoms with Gasteiger partial charge in [-0.25, -0.2) is 0 Å². The number of nitrogens with zero attached hydrogens (tertiary/aromatic N) is 2. The van der Waals surface area contributed by atoms with Gasteiger partial charge in [-0.05, 0) is 43.7 Å². The van der Waals surface area contributed by atoms with Gasteiger partial charge in [0.2, 0.25) is 5.91 Å². The quantitative estimate of drug-likeness (QED) is 0.866. The first-order valence-corrected chi connectivity index (χ1v) is 9.00. The molecule has 1 heterocycles. The van der Waals surface area contributed by atoms with Gasteiger partial charge in [-0.2, -0.15) is 0 Å². The highest BCUT2D eigenvalue weighted by atomic mass is 16.5. The van der Waals surface area contributed by atoms with E-state index in [1.54, 1.807) is 0 Å². The summed E-state index contributed by atoms with van der Waals surface area (Å²) in [5, 5.41) is 8.88. The summed E-state index contributed by atoms with van der Waals surface area (Å²) in [6, 6.07) is 16.2. The number of hydrogen-bond donors (Lipinski definition) is 1. The number of carbonyl (C=O) groups excluding carboxylic acids is 1. The SMILES string of the molecule is Cc1ccc(N2CC(C)N(Cc3cccc(OCCO)c3)CC2=O)cc1. The molecular weight excluding hydrogens is 328 g/mol. The third-order valence-corrected chi connectivity index (χ3v) is 4.70. The number of benzene rings is 2. The molecule has 0 aliphatic carbocycles. The number of carbonyl (C=O) groups is 1. The number of hydrogen-bond acceptors (Lipinski definition) is 4. The van der Waals surface area contributed by atoms with Crippen molar-refractivity contribution in [2.45, 2.75) is 26.4 Å². The molecule has 1 N–H and O–H groups in total. The average Bonchev–Trinajstić information content (AvgIpc) is 2.64. The van der Waals surface area contributed by atoms with E-state index in [1.807, 2.05) is 60.4 Å². The summed E-state index contributed by atoms with van der Waals surface area (Å²) in [6.07, 6.45) is 0. The molecule has 0 radical (unpaired) electrons. The number of rotatable bonds is 6. The fraction of sp³-hybridized carbons (Fsp3) is 0.381. The van der Waals surface area contributed by atoms with Gasteiger partial charge in [-0.1, -0.05) is 29.8 Å². The first kappa shape index (κ1) is 18.4. The minimum Gasteiger partial charge on any atom is -0.491 e. The predicted octanol–water partition coefficient (Wildman–Crippen LogP) is 2.60. The van der Waals surface area contributed by atoms with Crippen molar-refractivity contribution in [2.75, 3.05) is 31.2 Å². The Morgan fingerprint density at radius 3 is 2.69 bits per heavy atom. The predicted molar refractivity (Wildman–Crippen MR) is 102 cm³/mol. The van der Waals surface area contributed by atoms with Crippen LogP contribution in [0.3, 0.4) is 0 Å². The molecule has 1 atom stereocenters. The molecule has 0 saturated carbocycles. The molecule has 5 heteroatoms. The van der Waals surface area contributed by atoms with Gasteiger partial charge < -0.3 is 14.7 Å². The first-order valence-electron chi connectivity index (χ1n) is 9.00. The Hall–Kier alpha value is -2.37. The summed E-state index contributed by atoms with van der Waals surface area (Å²) in [6.45, 7) is 6.26. The monoisotopic (exact) mass is 354 g/mol. The molecule has 5 nitrogen and oxygen atoms in total. The first-order chi connectivity index (χ1) is 12.6. The Morgan fingerprint density at radius 2 is 1.96 bits per heavy atom. The maximum Gasteiger partial charge on any atom is 0.241 e. The van der Waals surface area contributed by atoms with Gasteiger partial charge in [0.25, 0.3) is 0 Å². The minimum atomic E-state index is -0.00324. The van der Waals surface area contributed by atoms with Crippen LogP contribution in [-0.2, 0) is 11.3 Å². The summed E-state index contributed by atoms with van der Waals surface area (Å²) >= 11 is 0. The van der Waals surface area contributed by atoms with Crippen molar-refractivity contribution in [3.05, 3.63) is 59.7 Å². The van der Waals surface area contributed by atoms with Gasteiger partial charge in [0.05, 0.1) is 13.2 Å². The minimum absolute atomic E-state index is 0.00324. The molecular formula is C21H26N2O3. The van der Waals surface area contributed by atoms with Gasteiger partial charge in [-0.15, -0.1) is 0 Å². The average molecular weight is 354 g/mol. The van der Waals surface area contributed by atoms with Gasteiger partial charge in [0.15, 0.2) is 0 Å². The van der Waals surface area contributed by atoms with Crippen molar-refractivity contribution in [1.29, 1.82) is 0 Å². The van der Waals surface area contributed by atoms with E-state index in [0.717, 1.165) is 17.0 Å². The van der Waals surface area contributed by atoms with Crippen LogP contribution < -0.4 is 9.64 Å². The van der Waals surface area contributed by atoms with E-state index >= 15 is 0 Å². The number of anilines is 1. The van der Waals surface area contributed by atoms with E-state index in [9.17, 15) is 4.79 Å². The van der Waals surface area contributed by atoms with E-state index in [4.69, 9.17) is 9.84 Å². The Balaban J connectivity index is 1.66. The molecule has 1 aliphatic rings. The standard InChI is InChI=1S/C21H26N2O3/c1-16-6-8-19(9-7-16)23-13-17(2)22(15-21(23)25)14-18-4-3-5-20(12-18)26-11-10-24/h3-9,12,17,24H,10-11,13-15H2,1-2H3. The number of ether oxygens (including phenoxy) is 1.